The largest absolute Gasteiger partial charge is 0.463 e. The van der Waals surface area contributed by atoms with E-state index in [2.05, 4.69) is 15.5 Å². The first-order valence-corrected chi connectivity index (χ1v) is 11.7. The van der Waals surface area contributed by atoms with Crippen molar-refractivity contribution in [2.45, 2.75) is 26.8 Å². The van der Waals surface area contributed by atoms with Crippen molar-refractivity contribution in [2.75, 3.05) is 16.9 Å². The summed E-state index contributed by atoms with van der Waals surface area (Å²) in [5.41, 5.74) is 4.64. The fraction of sp³-hybridized carbons (Fsp3) is 0.250. The lowest BCUT2D eigenvalue weighted by atomic mass is 10.1. The van der Waals surface area contributed by atoms with Crippen LogP contribution in [0.3, 0.4) is 0 Å². The summed E-state index contributed by atoms with van der Waals surface area (Å²) in [5, 5.41) is 7.49. The van der Waals surface area contributed by atoms with Gasteiger partial charge >= 0.3 is 0 Å². The molecule has 0 aliphatic carbocycles. The number of furan rings is 1. The first kappa shape index (κ1) is 21.3. The molecule has 1 aliphatic rings. The van der Waals surface area contributed by atoms with Gasteiger partial charge in [0.05, 0.1) is 28.8 Å². The van der Waals surface area contributed by atoms with Crippen LogP contribution in [-0.4, -0.2) is 44.5 Å². The molecule has 4 heterocycles. The Labute approximate surface area is 194 Å². The second kappa shape index (κ2) is 8.40. The summed E-state index contributed by atoms with van der Waals surface area (Å²) in [5.74, 6) is 0.958. The van der Waals surface area contributed by atoms with Crippen LogP contribution in [0, 0.1) is 20.8 Å². The van der Waals surface area contributed by atoms with E-state index < -0.39 is 6.04 Å². The molecule has 1 unspecified atom stereocenters. The highest BCUT2D eigenvalue weighted by Gasteiger charge is 2.36. The first-order chi connectivity index (χ1) is 15.9. The van der Waals surface area contributed by atoms with Crippen molar-refractivity contribution in [3.8, 4) is 11.5 Å². The first-order valence-electron chi connectivity index (χ1n) is 10.5. The summed E-state index contributed by atoms with van der Waals surface area (Å²) < 4.78 is 10.8. The van der Waals surface area contributed by atoms with Crippen molar-refractivity contribution in [3.05, 3.63) is 65.0 Å². The third kappa shape index (κ3) is 3.89. The summed E-state index contributed by atoms with van der Waals surface area (Å²) in [6.07, 6.45) is 1.54. The zero-order chi connectivity index (χ0) is 23.1. The highest BCUT2D eigenvalue weighted by molar-refractivity contribution is 7.99. The third-order valence-electron chi connectivity index (χ3n) is 5.84. The van der Waals surface area contributed by atoms with Crippen LogP contribution in [0.25, 0.3) is 22.6 Å². The van der Waals surface area contributed by atoms with E-state index in [-0.39, 0.29) is 17.5 Å². The molecule has 0 saturated carbocycles. The van der Waals surface area contributed by atoms with Gasteiger partial charge in [-0.25, -0.2) is 4.98 Å². The molecule has 9 heteroatoms. The molecule has 1 atom stereocenters. The topological polar surface area (TPSA) is 101 Å². The van der Waals surface area contributed by atoms with Crippen molar-refractivity contribution in [1.82, 2.24) is 15.0 Å². The molecule has 3 aromatic heterocycles. The van der Waals surface area contributed by atoms with Crippen molar-refractivity contribution in [3.63, 3.8) is 0 Å². The predicted molar refractivity (Wildman–Crippen MR) is 126 cm³/mol. The Kier molecular flexibility index (Phi) is 5.41. The normalized spacial score (nSPS) is 15.8. The second-order valence-electron chi connectivity index (χ2n) is 8.06. The fourth-order valence-electron chi connectivity index (χ4n) is 3.87. The van der Waals surface area contributed by atoms with Gasteiger partial charge in [0, 0.05) is 11.4 Å². The van der Waals surface area contributed by atoms with Crippen LogP contribution in [-0.2, 0) is 4.79 Å². The standard InChI is InChI=1S/C24H22N4O4S/c1-13-6-7-16(9-14(13)2)25-22(29)19-11-33-12-28(19)24(30)17-10-18(20-5-4-8-31-20)26-23-21(17)15(3)27-32-23/h4-10,19H,11-12H2,1-3H3,(H,25,29). The van der Waals surface area contributed by atoms with Gasteiger partial charge in [-0.05, 0) is 62.2 Å². The van der Waals surface area contributed by atoms with E-state index in [0.29, 0.717) is 45.4 Å². The molecule has 0 bridgehead atoms. The molecule has 1 aromatic carbocycles. The van der Waals surface area contributed by atoms with Gasteiger partial charge in [-0.2, -0.15) is 0 Å². The highest BCUT2D eigenvalue weighted by atomic mass is 32.2. The van der Waals surface area contributed by atoms with Gasteiger partial charge in [0.1, 0.15) is 11.7 Å². The Morgan fingerprint density at radius 2 is 2.00 bits per heavy atom. The molecule has 1 N–H and O–H groups in total. The molecule has 1 fully saturated rings. The number of anilines is 1. The number of amides is 2. The van der Waals surface area contributed by atoms with Crippen molar-refractivity contribution < 1.29 is 18.5 Å². The molecule has 168 valence electrons. The van der Waals surface area contributed by atoms with Gasteiger partial charge in [-0.15, -0.1) is 11.8 Å². The van der Waals surface area contributed by atoms with Gasteiger partial charge in [-0.1, -0.05) is 11.2 Å². The van der Waals surface area contributed by atoms with E-state index in [1.165, 1.54) is 0 Å². The number of aromatic nitrogens is 2. The summed E-state index contributed by atoms with van der Waals surface area (Å²) in [6.45, 7) is 5.78. The van der Waals surface area contributed by atoms with Crippen LogP contribution in [0.1, 0.15) is 27.2 Å². The van der Waals surface area contributed by atoms with Gasteiger partial charge in [-0.3, -0.25) is 9.59 Å². The monoisotopic (exact) mass is 462 g/mol. The predicted octanol–water partition coefficient (Wildman–Crippen LogP) is 4.56. The van der Waals surface area contributed by atoms with Gasteiger partial charge in [0.2, 0.25) is 5.91 Å². The quantitative estimate of drug-likeness (QED) is 0.474. The van der Waals surface area contributed by atoms with Gasteiger partial charge in [0.15, 0.2) is 5.76 Å². The Bertz CT molecular complexity index is 1360. The molecular formula is C24H22N4O4S. The van der Waals surface area contributed by atoms with Crippen molar-refractivity contribution in [2.24, 2.45) is 0 Å². The maximum absolute atomic E-state index is 13.7. The number of rotatable bonds is 4. The zero-order valence-electron chi connectivity index (χ0n) is 18.4. The number of thioether (sulfide) groups is 1. The van der Waals surface area contributed by atoms with E-state index in [0.717, 1.165) is 11.1 Å². The van der Waals surface area contributed by atoms with E-state index in [1.54, 1.807) is 48.0 Å². The maximum Gasteiger partial charge on any atom is 0.259 e. The Morgan fingerprint density at radius 3 is 2.76 bits per heavy atom. The molecular weight excluding hydrogens is 440 g/mol. The van der Waals surface area contributed by atoms with Crippen LogP contribution >= 0.6 is 11.8 Å². The van der Waals surface area contributed by atoms with Crippen LogP contribution < -0.4 is 5.32 Å². The number of aryl methyl sites for hydroxylation is 3. The Morgan fingerprint density at radius 1 is 1.15 bits per heavy atom. The number of nitrogens with one attached hydrogen (secondary N) is 1. The zero-order valence-corrected chi connectivity index (χ0v) is 19.2. The minimum Gasteiger partial charge on any atom is -0.463 e. The summed E-state index contributed by atoms with van der Waals surface area (Å²) in [6, 6.07) is 10.4. The van der Waals surface area contributed by atoms with E-state index in [9.17, 15) is 9.59 Å². The molecule has 1 aliphatic heterocycles. The number of hydrogen-bond donors (Lipinski definition) is 1. The van der Waals surface area contributed by atoms with Gasteiger partial charge in [0.25, 0.3) is 11.6 Å². The minimum atomic E-state index is -0.598. The number of hydrogen-bond acceptors (Lipinski definition) is 7. The second-order valence-corrected chi connectivity index (χ2v) is 9.06. The molecule has 5 rings (SSSR count). The molecule has 0 spiro atoms. The van der Waals surface area contributed by atoms with Gasteiger partial charge < -0.3 is 19.2 Å². The molecule has 4 aromatic rings. The van der Waals surface area contributed by atoms with Crippen LogP contribution in [0.15, 0.2) is 51.6 Å². The van der Waals surface area contributed by atoms with Crippen LogP contribution in [0.2, 0.25) is 0 Å². The lowest BCUT2D eigenvalue weighted by molar-refractivity contribution is -0.119. The van der Waals surface area contributed by atoms with Crippen LogP contribution in [0.5, 0.6) is 0 Å². The number of fused-ring (bicyclic) bond motifs is 1. The lowest BCUT2D eigenvalue weighted by Gasteiger charge is -2.23. The van der Waals surface area contributed by atoms with Crippen LogP contribution in [0.4, 0.5) is 5.69 Å². The number of carbonyl (C=O) groups excluding carboxylic acids is 2. The Hall–Kier alpha value is -3.59. The van der Waals surface area contributed by atoms with Crippen molar-refractivity contribution >= 4 is 40.4 Å². The number of carbonyl (C=O) groups is 2. The van der Waals surface area contributed by atoms with E-state index in [1.807, 2.05) is 32.0 Å². The van der Waals surface area contributed by atoms with E-state index in [4.69, 9.17) is 8.94 Å². The molecule has 0 radical (unpaired) electrons. The smallest absolute Gasteiger partial charge is 0.259 e. The lowest BCUT2D eigenvalue weighted by Crippen LogP contribution is -2.44. The minimum absolute atomic E-state index is 0.213. The average molecular weight is 463 g/mol. The summed E-state index contributed by atoms with van der Waals surface area (Å²) in [4.78, 5) is 32.9. The fourth-order valence-corrected chi connectivity index (χ4v) is 5.03. The SMILES string of the molecule is Cc1ccc(NC(=O)C2CSCN2C(=O)c2cc(-c3ccco3)nc3onc(C)c23)cc1C. The van der Waals surface area contributed by atoms with Crippen molar-refractivity contribution in [1.29, 1.82) is 0 Å². The number of pyridine rings is 1. The molecule has 33 heavy (non-hydrogen) atoms. The molecule has 1 saturated heterocycles. The maximum atomic E-state index is 13.7. The van der Waals surface area contributed by atoms with E-state index >= 15 is 0 Å². The Balaban J connectivity index is 1.47. The number of nitrogens with zero attached hydrogens (tertiary/aromatic N) is 3. The summed E-state index contributed by atoms with van der Waals surface area (Å²) in [7, 11) is 0. The average Bonchev–Trinajstić information content (AvgIpc) is 3.56. The highest BCUT2D eigenvalue weighted by Crippen LogP contribution is 2.31. The molecule has 2 amide bonds. The number of benzene rings is 1. The summed E-state index contributed by atoms with van der Waals surface area (Å²) >= 11 is 1.54. The molecule has 8 nitrogen and oxygen atoms in total. The third-order valence-corrected chi connectivity index (χ3v) is 6.85.